The summed E-state index contributed by atoms with van der Waals surface area (Å²) in [5.74, 6) is 1.68. The quantitative estimate of drug-likeness (QED) is 0.854. The maximum Gasteiger partial charge on any atom is 0.223 e. The minimum atomic E-state index is 0.296. The van der Waals surface area contributed by atoms with Gasteiger partial charge in [-0.1, -0.05) is 12.8 Å². The van der Waals surface area contributed by atoms with Gasteiger partial charge in [0, 0.05) is 50.8 Å². The third-order valence-electron chi connectivity index (χ3n) is 5.70. The fourth-order valence-corrected chi connectivity index (χ4v) is 4.25. The van der Waals surface area contributed by atoms with Crippen LogP contribution in [0, 0.1) is 5.92 Å². The van der Waals surface area contributed by atoms with Gasteiger partial charge in [-0.05, 0) is 25.7 Å². The van der Waals surface area contributed by atoms with Crippen LogP contribution in [0.4, 0.5) is 0 Å². The molecule has 0 radical (unpaired) electrons. The second kappa shape index (κ2) is 6.61. The summed E-state index contributed by atoms with van der Waals surface area (Å²) in [6.07, 6.45) is 8.28. The highest BCUT2D eigenvalue weighted by molar-refractivity contribution is 5.77. The first kappa shape index (κ1) is 16.3. The van der Waals surface area contributed by atoms with Gasteiger partial charge < -0.3 is 9.47 Å². The van der Waals surface area contributed by atoms with Crippen molar-refractivity contribution >= 4 is 5.91 Å². The lowest BCUT2D eigenvalue weighted by Crippen LogP contribution is -2.37. The Hall–Kier alpha value is -2.18. The Morgan fingerprint density at radius 2 is 2.12 bits per heavy atom. The van der Waals surface area contributed by atoms with Crippen LogP contribution in [0.1, 0.15) is 50.3 Å². The van der Waals surface area contributed by atoms with E-state index in [1.54, 1.807) is 6.33 Å². The molecule has 134 valence electrons. The summed E-state index contributed by atoms with van der Waals surface area (Å²) in [5, 5.41) is 13.0. The first-order valence-corrected chi connectivity index (χ1v) is 9.38. The Morgan fingerprint density at radius 3 is 2.88 bits per heavy atom. The lowest BCUT2D eigenvalue weighted by Gasteiger charge is -2.28. The van der Waals surface area contributed by atoms with Crippen LogP contribution in [0.3, 0.4) is 0 Å². The number of amides is 1. The van der Waals surface area contributed by atoms with Gasteiger partial charge in [0.05, 0.1) is 0 Å². The molecule has 25 heavy (non-hydrogen) atoms. The predicted octanol–water partition coefficient (Wildman–Crippen LogP) is 2.16. The van der Waals surface area contributed by atoms with Crippen LogP contribution in [-0.2, 0) is 31.4 Å². The zero-order valence-electron chi connectivity index (χ0n) is 15.1. The Morgan fingerprint density at radius 1 is 1.32 bits per heavy atom. The van der Waals surface area contributed by atoms with Crippen molar-refractivity contribution in [1.29, 1.82) is 0 Å². The van der Waals surface area contributed by atoms with E-state index in [0.717, 1.165) is 36.6 Å². The molecule has 4 rings (SSSR count). The Balaban J connectivity index is 1.58. The van der Waals surface area contributed by atoms with Crippen LogP contribution in [-0.4, -0.2) is 41.9 Å². The van der Waals surface area contributed by atoms with E-state index in [1.807, 2.05) is 21.2 Å². The molecule has 2 aromatic rings. The number of fused-ring (bicyclic) bond motifs is 1. The molecule has 0 atom stereocenters. The molecule has 7 nitrogen and oxygen atoms in total. The monoisotopic (exact) mass is 342 g/mol. The zero-order chi connectivity index (χ0) is 17.4. The average molecular weight is 342 g/mol. The van der Waals surface area contributed by atoms with E-state index >= 15 is 0 Å². The van der Waals surface area contributed by atoms with Crippen LogP contribution in [0.5, 0.6) is 0 Å². The van der Waals surface area contributed by atoms with Gasteiger partial charge in [0.2, 0.25) is 5.91 Å². The van der Waals surface area contributed by atoms with Gasteiger partial charge in [-0.25, -0.2) is 0 Å². The third kappa shape index (κ3) is 2.96. The van der Waals surface area contributed by atoms with Gasteiger partial charge in [0.15, 0.2) is 5.82 Å². The Labute approximate surface area is 148 Å². The fraction of sp³-hybridized carbons (Fsp3) is 0.667. The number of nitrogens with zero attached hydrogens (tertiary/aromatic N) is 6. The number of rotatable bonds is 4. The molecule has 1 fully saturated rings. The Bertz CT molecular complexity index is 771. The minimum Gasteiger partial charge on any atom is -0.338 e. The molecule has 2 aliphatic rings. The van der Waals surface area contributed by atoms with Crippen molar-refractivity contribution < 1.29 is 4.79 Å². The molecular formula is C18H26N6O. The van der Waals surface area contributed by atoms with Gasteiger partial charge in [-0.3, -0.25) is 9.48 Å². The van der Waals surface area contributed by atoms with Gasteiger partial charge in [0.25, 0.3) is 0 Å². The topological polar surface area (TPSA) is 68.8 Å². The predicted molar refractivity (Wildman–Crippen MR) is 93.6 cm³/mol. The second-order valence-corrected chi connectivity index (χ2v) is 7.26. The molecule has 1 amide bonds. The highest BCUT2D eigenvalue weighted by atomic mass is 16.2. The number of hydrogen-bond acceptors (Lipinski definition) is 4. The largest absolute Gasteiger partial charge is 0.338 e. The van der Waals surface area contributed by atoms with Crippen molar-refractivity contribution in [3.05, 3.63) is 17.6 Å². The maximum atomic E-state index is 12.8. The summed E-state index contributed by atoms with van der Waals surface area (Å²) in [5.41, 5.74) is 3.22. The van der Waals surface area contributed by atoms with Gasteiger partial charge in [0.1, 0.15) is 12.0 Å². The van der Waals surface area contributed by atoms with Crippen LogP contribution in [0.15, 0.2) is 6.33 Å². The van der Waals surface area contributed by atoms with E-state index in [1.165, 1.54) is 31.4 Å². The molecule has 1 aliphatic heterocycles. The van der Waals surface area contributed by atoms with E-state index in [-0.39, 0.29) is 0 Å². The first-order valence-electron chi connectivity index (χ1n) is 9.38. The summed E-state index contributed by atoms with van der Waals surface area (Å²) in [6, 6.07) is 0. The lowest BCUT2D eigenvalue weighted by atomic mass is 10.0. The van der Waals surface area contributed by atoms with Crippen molar-refractivity contribution in [2.45, 2.75) is 58.5 Å². The van der Waals surface area contributed by atoms with Crippen molar-refractivity contribution in [2.75, 3.05) is 6.54 Å². The molecule has 1 saturated carbocycles. The van der Waals surface area contributed by atoms with E-state index in [2.05, 4.69) is 17.1 Å². The van der Waals surface area contributed by atoms with Crippen LogP contribution in [0.2, 0.25) is 0 Å². The number of aromatic nitrogens is 5. The Kier molecular flexibility index (Phi) is 4.31. The lowest BCUT2D eigenvalue weighted by molar-refractivity contribution is -0.133. The highest BCUT2D eigenvalue weighted by Gasteiger charge is 2.30. The molecular weight excluding hydrogens is 316 g/mol. The van der Waals surface area contributed by atoms with E-state index < -0.39 is 0 Å². The van der Waals surface area contributed by atoms with E-state index in [4.69, 9.17) is 5.10 Å². The van der Waals surface area contributed by atoms with Crippen molar-refractivity contribution in [1.82, 2.24) is 29.4 Å². The van der Waals surface area contributed by atoms with E-state index in [0.29, 0.717) is 24.8 Å². The third-order valence-corrected chi connectivity index (χ3v) is 5.70. The molecule has 0 saturated heterocycles. The molecule has 0 unspecified atom stereocenters. The summed E-state index contributed by atoms with van der Waals surface area (Å²) in [6.45, 7) is 4.30. The number of carbonyl (C=O) groups is 1. The zero-order valence-corrected chi connectivity index (χ0v) is 15.1. The summed E-state index contributed by atoms with van der Waals surface area (Å²) >= 11 is 0. The summed E-state index contributed by atoms with van der Waals surface area (Å²) < 4.78 is 3.94. The van der Waals surface area contributed by atoms with Crippen molar-refractivity contribution in [3.8, 4) is 11.5 Å². The minimum absolute atomic E-state index is 0.296. The molecule has 0 spiro atoms. The summed E-state index contributed by atoms with van der Waals surface area (Å²) in [4.78, 5) is 14.8. The molecule has 0 N–H and O–H groups in total. The average Bonchev–Trinajstić information content (AvgIpc) is 3.34. The molecule has 0 bridgehead atoms. The SMILES string of the molecule is CCn1cnnc1-c1nn(C)c2c1CN(C(=O)CC1CCCC1)CC2. The van der Waals surface area contributed by atoms with Crippen LogP contribution >= 0.6 is 0 Å². The fourth-order valence-electron chi connectivity index (χ4n) is 4.25. The standard InChI is InChI=1S/C18H26N6O/c1-3-23-12-19-20-18(23)17-14-11-24(9-8-15(14)22(2)21-17)16(25)10-13-6-4-5-7-13/h12-13H,3-11H2,1-2H3. The molecule has 1 aliphatic carbocycles. The molecule has 0 aromatic carbocycles. The first-order chi connectivity index (χ1) is 12.2. The van der Waals surface area contributed by atoms with Crippen molar-refractivity contribution in [3.63, 3.8) is 0 Å². The maximum absolute atomic E-state index is 12.8. The number of hydrogen-bond donors (Lipinski definition) is 0. The highest BCUT2D eigenvalue weighted by Crippen LogP contribution is 2.31. The van der Waals surface area contributed by atoms with E-state index in [9.17, 15) is 4.79 Å². The summed E-state index contributed by atoms with van der Waals surface area (Å²) in [7, 11) is 1.98. The van der Waals surface area contributed by atoms with Crippen LogP contribution in [0.25, 0.3) is 11.5 Å². The van der Waals surface area contributed by atoms with Gasteiger partial charge in [-0.15, -0.1) is 10.2 Å². The molecule has 7 heteroatoms. The second-order valence-electron chi connectivity index (χ2n) is 7.26. The smallest absolute Gasteiger partial charge is 0.223 e. The molecule has 2 aromatic heterocycles. The van der Waals surface area contributed by atoms with Gasteiger partial charge >= 0.3 is 0 Å². The number of aryl methyl sites for hydroxylation is 2. The van der Waals surface area contributed by atoms with Crippen LogP contribution < -0.4 is 0 Å². The number of carbonyl (C=O) groups excluding carboxylic acids is 1. The molecule has 3 heterocycles. The normalized spacial score (nSPS) is 17.9. The van der Waals surface area contributed by atoms with Gasteiger partial charge in [-0.2, -0.15) is 5.10 Å². The van der Waals surface area contributed by atoms with Crippen molar-refractivity contribution in [2.24, 2.45) is 13.0 Å².